The number of benzene rings is 2. The lowest BCUT2D eigenvalue weighted by atomic mass is 9.84. The van der Waals surface area contributed by atoms with Crippen molar-refractivity contribution in [2.24, 2.45) is 4.99 Å². The van der Waals surface area contributed by atoms with Crippen molar-refractivity contribution in [1.82, 2.24) is 10.6 Å². The average Bonchev–Trinajstić information content (AvgIpc) is 2.68. The summed E-state index contributed by atoms with van der Waals surface area (Å²) in [5.41, 5.74) is 4.61. The molecule has 1 aliphatic rings. The number of aryl methyl sites for hydroxylation is 1. The summed E-state index contributed by atoms with van der Waals surface area (Å²) in [4.78, 5) is 16.4. The van der Waals surface area contributed by atoms with Gasteiger partial charge in [0.25, 0.3) is 0 Å². The molecule has 5 nitrogen and oxygen atoms in total. The number of hydrogen-bond acceptors (Lipinski definition) is 2. The minimum Gasteiger partial charge on any atom is -0.356 e. The fourth-order valence-corrected chi connectivity index (χ4v) is 3.54. The first-order chi connectivity index (χ1) is 13.4. The van der Waals surface area contributed by atoms with Crippen molar-refractivity contribution in [3.63, 3.8) is 0 Å². The van der Waals surface area contributed by atoms with E-state index in [0.717, 1.165) is 18.2 Å². The fraction of sp³-hybridized carbons (Fsp3) is 0.391. The van der Waals surface area contributed by atoms with Crippen LogP contribution in [0.4, 0.5) is 5.69 Å². The van der Waals surface area contributed by atoms with Crippen molar-refractivity contribution in [3.05, 3.63) is 65.2 Å². The van der Waals surface area contributed by atoms with E-state index in [1.165, 1.54) is 16.7 Å². The third kappa shape index (κ3) is 4.71. The molecule has 28 heavy (non-hydrogen) atoms. The van der Waals surface area contributed by atoms with Crippen LogP contribution in [0.3, 0.4) is 0 Å². The molecule has 1 unspecified atom stereocenters. The van der Waals surface area contributed by atoms with Gasteiger partial charge in [-0.05, 0) is 24.1 Å². The number of para-hydroxylation sites is 1. The summed E-state index contributed by atoms with van der Waals surface area (Å²) < 4.78 is 0. The van der Waals surface area contributed by atoms with Crippen LogP contribution in [-0.2, 0) is 10.2 Å². The Kier molecular flexibility index (Phi) is 6.02. The third-order valence-corrected chi connectivity index (χ3v) is 5.38. The molecule has 0 fully saturated rings. The van der Waals surface area contributed by atoms with Crippen molar-refractivity contribution in [1.29, 1.82) is 0 Å². The number of hydrogen-bond donors (Lipinski definition) is 3. The molecule has 2 aromatic rings. The molecule has 3 N–H and O–H groups in total. The van der Waals surface area contributed by atoms with Crippen molar-refractivity contribution in [3.8, 4) is 0 Å². The maximum Gasteiger partial charge on any atom is 0.225 e. The Morgan fingerprint density at radius 2 is 1.86 bits per heavy atom. The number of rotatable bonds is 5. The van der Waals surface area contributed by atoms with E-state index in [1.807, 2.05) is 18.2 Å². The number of nitrogens with one attached hydrogen (secondary N) is 3. The van der Waals surface area contributed by atoms with Crippen LogP contribution in [0.15, 0.2) is 53.5 Å². The summed E-state index contributed by atoms with van der Waals surface area (Å²) in [7, 11) is 1.77. The quantitative estimate of drug-likeness (QED) is 0.550. The highest BCUT2D eigenvalue weighted by Gasteiger charge is 2.25. The highest BCUT2D eigenvalue weighted by atomic mass is 16.1. The first-order valence-corrected chi connectivity index (χ1v) is 9.79. The van der Waals surface area contributed by atoms with Gasteiger partial charge in [0.1, 0.15) is 0 Å². The van der Waals surface area contributed by atoms with E-state index in [4.69, 9.17) is 0 Å². The molecule has 0 radical (unpaired) electrons. The maximum atomic E-state index is 12.0. The monoisotopic (exact) mass is 378 g/mol. The molecular weight excluding hydrogens is 348 g/mol. The Balaban J connectivity index is 1.60. The van der Waals surface area contributed by atoms with Gasteiger partial charge in [-0.2, -0.15) is 0 Å². The van der Waals surface area contributed by atoms with Gasteiger partial charge in [0, 0.05) is 43.6 Å². The van der Waals surface area contributed by atoms with Crippen LogP contribution in [0, 0.1) is 6.92 Å². The summed E-state index contributed by atoms with van der Waals surface area (Å²) in [6.45, 7) is 7.97. The zero-order chi connectivity index (χ0) is 20.1. The second-order valence-corrected chi connectivity index (χ2v) is 8.09. The van der Waals surface area contributed by atoms with Crippen LogP contribution in [0.1, 0.15) is 42.9 Å². The van der Waals surface area contributed by atoms with E-state index < -0.39 is 0 Å². The van der Waals surface area contributed by atoms with Gasteiger partial charge in [0.15, 0.2) is 5.96 Å². The predicted molar refractivity (Wildman–Crippen MR) is 116 cm³/mol. The highest BCUT2D eigenvalue weighted by molar-refractivity contribution is 5.94. The molecule has 0 aromatic heterocycles. The normalized spacial score (nSPS) is 16.9. The lowest BCUT2D eigenvalue weighted by Crippen LogP contribution is -2.45. The molecule has 148 valence electrons. The molecule has 0 bridgehead atoms. The minimum absolute atomic E-state index is 0.0252. The SMILES string of the molecule is CN=C(NCC1CC(=O)Nc2ccccc21)NCC(C)(C)c1ccc(C)cc1. The molecule has 0 aliphatic carbocycles. The number of amides is 1. The summed E-state index contributed by atoms with van der Waals surface area (Å²) in [6, 6.07) is 16.7. The smallest absolute Gasteiger partial charge is 0.225 e. The van der Waals surface area contributed by atoms with Crippen LogP contribution in [0.5, 0.6) is 0 Å². The first kappa shape index (κ1) is 19.9. The van der Waals surface area contributed by atoms with E-state index >= 15 is 0 Å². The zero-order valence-corrected chi connectivity index (χ0v) is 17.2. The maximum absolute atomic E-state index is 12.0. The molecule has 2 aromatic carbocycles. The first-order valence-electron chi connectivity index (χ1n) is 9.79. The number of nitrogens with zero attached hydrogens (tertiary/aromatic N) is 1. The highest BCUT2D eigenvalue weighted by Crippen LogP contribution is 2.31. The molecule has 1 heterocycles. The molecule has 0 saturated carbocycles. The van der Waals surface area contributed by atoms with Gasteiger partial charge >= 0.3 is 0 Å². The molecule has 5 heteroatoms. The van der Waals surface area contributed by atoms with Gasteiger partial charge in [0.05, 0.1) is 0 Å². The lowest BCUT2D eigenvalue weighted by Gasteiger charge is -2.29. The zero-order valence-electron chi connectivity index (χ0n) is 17.2. The summed E-state index contributed by atoms with van der Waals surface area (Å²) in [6.07, 6.45) is 0.482. The van der Waals surface area contributed by atoms with Crippen LogP contribution < -0.4 is 16.0 Å². The van der Waals surface area contributed by atoms with E-state index in [0.29, 0.717) is 13.0 Å². The van der Waals surface area contributed by atoms with Gasteiger partial charge in [-0.25, -0.2) is 0 Å². The Morgan fingerprint density at radius 1 is 1.14 bits per heavy atom. The van der Waals surface area contributed by atoms with Crippen molar-refractivity contribution >= 4 is 17.6 Å². The van der Waals surface area contributed by atoms with Gasteiger partial charge < -0.3 is 16.0 Å². The fourth-order valence-electron chi connectivity index (χ4n) is 3.54. The predicted octanol–water partition coefficient (Wildman–Crippen LogP) is 3.56. The molecule has 1 amide bonds. The molecular formula is C23H30N4O. The van der Waals surface area contributed by atoms with Gasteiger partial charge in [-0.15, -0.1) is 0 Å². The van der Waals surface area contributed by atoms with E-state index in [-0.39, 0.29) is 17.2 Å². The second-order valence-electron chi connectivity index (χ2n) is 8.09. The number of aliphatic imine (C=N–C) groups is 1. The van der Waals surface area contributed by atoms with Gasteiger partial charge in [-0.1, -0.05) is 61.9 Å². The number of carbonyl (C=O) groups excluding carboxylic acids is 1. The average molecular weight is 379 g/mol. The van der Waals surface area contributed by atoms with E-state index in [1.54, 1.807) is 7.05 Å². The summed E-state index contributed by atoms with van der Waals surface area (Å²) in [5, 5.41) is 9.77. The summed E-state index contributed by atoms with van der Waals surface area (Å²) >= 11 is 0. The van der Waals surface area contributed by atoms with Crippen LogP contribution in [-0.4, -0.2) is 32.0 Å². The third-order valence-electron chi connectivity index (χ3n) is 5.38. The molecule has 1 atom stereocenters. The second kappa shape index (κ2) is 8.46. The topological polar surface area (TPSA) is 65.5 Å². The van der Waals surface area contributed by atoms with Gasteiger partial charge in [-0.3, -0.25) is 9.79 Å². The minimum atomic E-state index is -0.0252. The number of anilines is 1. The van der Waals surface area contributed by atoms with Crippen LogP contribution in [0.2, 0.25) is 0 Å². The molecule has 0 spiro atoms. The molecule has 0 saturated heterocycles. The lowest BCUT2D eigenvalue weighted by molar-refractivity contribution is -0.116. The Bertz CT molecular complexity index is 855. The van der Waals surface area contributed by atoms with Crippen molar-refractivity contribution < 1.29 is 4.79 Å². The largest absolute Gasteiger partial charge is 0.356 e. The Hall–Kier alpha value is -2.82. The number of guanidine groups is 1. The van der Waals surface area contributed by atoms with Crippen molar-refractivity contribution in [2.45, 2.75) is 38.5 Å². The van der Waals surface area contributed by atoms with Crippen molar-refractivity contribution in [2.75, 3.05) is 25.5 Å². The van der Waals surface area contributed by atoms with Crippen LogP contribution >= 0.6 is 0 Å². The molecule has 1 aliphatic heterocycles. The van der Waals surface area contributed by atoms with Crippen LogP contribution in [0.25, 0.3) is 0 Å². The Morgan fingerprint density at radius 3 is 2.57 bits per heavy atom. The number of fused-ring (bicyclic) bond motifs is 1. The van der Waals surface area contributed by atoms with E-state index in [9.17, 15) is 4.79 Å². The standard InChI is InChI=1S/C23H30N4O/c1-16-9-11-18(12-10-16)23(2,3)15-26-22(24-4)25-14-17-13-21(28)27-20-8-6-5-7-19(17)20/h5-12,17H,13-15H2,1-4H3,(H,27,28)(H2,24,25,26). The number of carbonyl (C=O) groups is 1. The Labute approximate surface area is 167 Å². The molecule has 3 rings (SSSR count). The van der Waals surface area contributed by atoms with Gasteiger partial charge in [0.2, 0.25) is 5.91 Å². The van der Waals surface area contributed by atoms with E-state index in [2.05, 4.69) is 72.0 Å². The summed E-state index contributed by atoms with van der Waals surface area (Å²) in [5.74, 6) is 0.950.